The Bertz CT molecular complexity index is 843. The fourth-order valence-electron chi connectivity index (χ4n) is 2.18. The van der Waals surface area contributed by atoms with Crippen molar-refractivity contribution in [2.24, 2.45) is 5.10 Å². The number of ether oxygens (including phenoxy) is 1. The Morgan fingerprint density at radius 3 is 2.67 bits per heavy atom. The molecule has 140 valence electrons. The van der Waals surface area contributed by atoms with Crippen LogP contribution in [0.5, 0.6) is 5.75 Å². The van der Waals surface area contributed by atoms with Gasteiger partial charge in [0.2, 0.25) is 0 Å². The van der Waals surface area contributed by atoms with Gasteiger partial charge in [0.25, 0.3) is 11.6 Å². The second kappa shape index (κ2) is 9.86. The van der Waals surface area contributed by atoms with Crippen LogP contribution >= 0.6 is 0 Å². The summed E-state index contributed by atoms with van der Waals surface area (Å²) in [7, 11) is 0. The highest BCUT2D eigenvalue weighted by atomic mass is 16.6. The molecular weight excluding hydrogens is 346 g/mol. The molecule has 27 heavy (non-hydrogen) atoms. The van der Waals surface area contributed by atoms with Crippen LogP contribution in [0.15, 0.2) is 59.7 Å². The Hall–Kier alpha value is -3.48. The Labute approximate surface area is 157 Å². The normalized spacial score (nSPS) is 11.2. The minimum atomic E-state index is -0.456. The van der Waals surface area contributed by atoms with Crippen molar-refractivity contribution in [3.05, 3.63) is 75.8 Å². The standard InChI is InChI=1S/C20H21N3O4/c1-15(2)17-8-10-19(11-9-17)27-14-20(24)22-21-12-4-6-16-5-3-7-18(13-16)23(25)26/h3-13,15H,14H2,1-2H3,(H,22,24)/b6-4+,21-12+. The van der Waals surface area contributed by atoms with Crippen molar-refractivity contribution in [3.8, 4) is 5.75 Å². The van der Waals surface area contributed by atoms with E-state index in [9.17, 15) is 14.9 Å². The third-order valence-electron chi connectivity index (χ3n) is 3.64. The van der Waals surface area contributed by atoms with Gasteiger partial charge in [-0.1, -0.05) is 44.2 Å². The fraction of sp³-hybridized carbons (Fsp3) is 0.200. The molecule has 0 spiro atoms. The molecule has 0 saturated carbocycles. The van der Waals surface area contributed by atoms with E-state index in [0.717, 1.165) is 0 Å². The summed E-state index contributed by atoms with van der Waals surface area (Å²) in [5.41, 5.74) is 4.22. The summed E-state index contributed by atoms with van der Waals surface area (Å²) in [6.45, 7) is 4.07. The first-order chi connectivity index (χ1) is 13.0. The lowest BCUT2D eigenvalue weighted by Gasteiger charge is -2.08. The van der Waals surface area contributed by atoms with E-state index in [0.29, 0.717) is 17.2 Å². The smallest absolute Gasteiger partial charge is 0.277 e. The number of benzene rings is 2. The Kier molecular flexibility index (Phi) is 7.25. The maximum Gasteiger partial charge on any atom is 0.277 e. The number of carbonyl (C=O) groups is 1. The van der Waals surface area contributed by atoms with Gasteiger partial charge in [-0.3, -0.25) is 14.9 Å². The van der Waals surface area contributed by atoms with Crippen LogP contribution < -0.4 is 10.2 Å². The molecule has 7 heteroatoms. The molecule has 0 atom stereocenters. The first kappa shape index (κ1) is 19.8. The molecule has 2 aromatic rings. The quantitative estimate of drug-likeness (QED) is 0.435. The Balaban J connectivity index is 1.76. The van der Waals surface area contributed by atoms with Crippen LogP contribution in [0, 0.1) is 10.1 Å². The average molecular weight is 367 g/mol. The van der Waals surface area contributed by atoms with E-state index in [2.05, 4.69) is 24.4 Å². The molecule has 0 bridgehead atoms. The molecule has 1 N–H and O–H groups in total. The molecule has 0 saturated heterocycles. The van der Waals surface area contributed by atoms with Crippen LogP contribution in [0.4, 0.5) is 5.69 Å². The van der Waals surface area contributed by atoms with Crippen molar-refractivity contribution in [1.29, 1.82) is 0 Å². The third kappa shape index (κ3) is 6.74. The first-order valence-electron chi connectivity index (χ1n) is 8.41. The van der Waals surface area contributed by atoms with Crippen LogP contribution in [0.1, 0.15) is 30.9 Å². The van der Waals surface area contributed by atoms with Gasteiger partial charge < -0.3 is 4.74 Å². The fourth-order valence-corrected chi connectivity index (χ4v) is 2.18. The second-order valence-corrected chi connectivity index (χ2v) is 6.04. The number of allylic oxidation sites excluding steroid dienone is 1. The van der Waals surface area contributed by atoms with E-state index < -0.39 is 4.92 Å². The van der Waals surface area contributed by atoms with Gasteiger partial charge in [0, 0.05) is 18.3 Å². The molecule has 0 aromatic heterocycles. The number of amides is 1. The molecule has 7 nitrogen and oxygen atoms in total. The van der Waals surface area contributed by atoms with E-state index in [-0.39, 0.29) is 18.2 Å². The summed E-state index contributed by atoms with van der Waals surface area (Å²) in [6.07, 6.45) is 4.61. The molecule has 0 heterocycles. The highest BCUT2D eigenvalue weighted by Gasteiger charge is 2.04. The van der Waals surface area contributed by atoms with Crippen molar-refractivity contribution in [2.75, 3.05) is 6.61 Å². The topological polar surface area (TPSA) is 93.8 Å². The molecule has 2 aromatic carbocycles. The number of nitro groups is 1. The summed E-state index contributed by atoms with van der Waals surface area (Å²) in [6, 6.07) is 13.8. The highest BCUT2D eigenvalue weighted by Crippen LogP contribution is 2.18. The van der Waals surface area contributed by atoms with Gasteiger partial charge in [-0.25, -0.2) is 5.43 Å². The molecule has 0 radical (unpaired) electrons. The van der Waals surface area contributed by atoms with Gasteiger partial charge in [0.15, 0.2) is 6.61 Å². The number of carbonyl (C=O) groups excluding carboxylic acids is 1. The van der Waals surface area contributed by atoms with Crippen molar-refractivity contribution in [3.63, 3.8) is 0 Å². The highest BCUT2D eigenvalue weighted by molar-refractivity contribution is 5.82. The molecule has 2 rings (SSSR count). The summed E-state index contributed by atoms with van der Waals surface area (Å²) in [4.78, 5) is 21.9. The third-order valence-corrected chi connectivity index (χ3v) is 3.64. The van der Waals surface area contributed by atoms with Gasteiger partial charge >= 0.3 is 0 Å². The van der Waals surface area contributed by atoms with E-state index in [1.165, 1.54) is 23.9 Å². The summed E-state index contributed by atoms with van der Waals surface area (Å²) in [5, 5.41) is 14.5. The summed E-state index contributed by atoms with van der Waals surface area (Å²) in [5.74, 6) is 0.666. The van der Waals surface area contributed by atoms with Gasteiger partial charge in [-0.15, -0.1) is 0 Å². The Morgan fingerprint density at radius 1 is 1.26 bits per heavy atom. The van der Waals surface area contributed by atoms with Crippen molar-refractivity contribution in [2.45, 2.75) is 19.8 Å². The van der Waals surface area contributed by atoms with Crippen molar-refractivity contribution in [1.82, 2.24) is 5.43 Å². The van der Waals surface area contributed by atoms with Crippen molar-refractivity contribution >= 4 is 23.9 Å². The minimum absolute atomic E-state index is 0.0148. The number of hydrogen-bond donors (Lipinski definition) is 1. The van der Waals surface area contributed by atoms with Crippen LogP contribution in [0.2, 0.25) is 0 Å². The van der Waals surface area contributed by atoms with Gasteiger partial charge in [0.05, 0.1) is 4.92 Å². The SMILES string of the molecule is CC(C)c1ccc(OCC(=O)N/N=C/C=C/c2cccc([N+](=O)[O-])c2)cc1. The number of non-ortho nitro benzene ring substituents is 1. The van der Waals surface area contributed by atoms with Gasteiger partial charge in [0.1, 0.15) is 5.75 Å². The predicted molar refractivity (Wildman–Crippen MR) is 105 cm³/mol. The number of nitrogens with one attached hydrogen (secondary N) is 1. The van der Waals surface area contributed by atoms with Crippen LogP contribution in [0.25, 0.3) is 6.08 Å². The van der Waals surface area contributed by atoms with Gasteiger partial charge in [-0.2, -0.15) is 5.10 Å². The van der Waals surface area contributed by atoms with E-state index in [1.54, 1.807) is 24.3 Å². The molecule has 0 aliphatic heterocycles. The lowest BCUT2D eigenvalue weighted by Crippen LogP contribution is -2.24. The minimum Gasteiger partial charge on any atom is -0.484 e. The molecule has 0 aliphatic rings. The largest absolute Gasteiger partial charge is 0.484 e. The second-order valence-electron chi connectivity index (χ2n) is 6.04. The van der Waals surface area contributed by atoms with Crippen molar-refractivity contribution < 1.29 is 14.5 Å². The lowest BCUT2D eigenvalue weighted by atomic mass is 10.0. The van der Waals surface area contributed by atoms with Gasteiger partial charge in [-0.05, 0) is 35.3 Å². The van der Waals surface area contributed by atoms with E-state index in [4.69, 9.17) is 4.74 Å². The molecule has 1 amide bonds. The van der Waals surface area contributed by atoms with Crippen LogP contribution in [0.3, 0.4) is 0 Å². The lowest BCUT2D eigenvalue weighted by molar-refractivity contribution is -0.384. The number of nitro benzene ring substituents is 1. The number of nitrogens with zero attached hydrogens (tertiary/aromatic N) is 2. The van der Waals surface area contributed by atoms with Crippen LogP contribution in [-0.2, 0) is 4.79 Å². The Morgan fingerprint density at radius 2 is 2.00 bits per heavy atom. The predicted octanol–water partition coefficient (Wildman–Crippen LogP) is 3.91. The molecule has 0 fully saturated rings. The zero-order valence-corrected chi connectivity index (χ0v) is 15.2. The number of rotatable bonds is 8. The van der Waals surface area contributed by atoms with E-state index >= 15 is 0 Å². The maximum atomic E-state index is 11.7. The maximum absolute atomic E-state index is 11.7. The monoisotopic (exact) mass is 367 g/mol. The van der Waals surface area contributed by atoms with Crippen LogP contribution in [-0.4, -0.2) is 23.7 Å². The number of hydrazone groups is 1. The summed E-state index contributed by atoms with van der Waals surface area (Å²) >= 11 is 0. The zero-order valence-electron chi connectivity index (χ0n) is 15.2. The molecule has 0 aliphatic carbocycles. The summed E-state index contributed by atoms with van der Waals surface area (Å²) < 4.78 is 5.40. The molecule has 0 unspecified atom stereocenters. The van der Waals surface area contributed by atoms with E-state index in [1.807, 2.05) is 24.3 Å². The zero-order chi connectivity index (χ0) is 19.6. The number of hydrogen-bond acceptors (Lipinski definition) is 5. The average Bonchev–Trinajstić information content (AvgIpc) is 2.66. The first-order valence-corrected chi connectivity index (χ1v) is 8.41. The molecular formula is C20H21N3O4.